The van der Waals surface area contributed by atoms with Crippen molar-refractivity contribution in [3.05, 3.63) is 58.8 Å². The van der Waals surface area contributed by atoms with Crippen molar-refractivity contribution in [1.29, 1.82) is 0 Å². The predicted molar refractivity (Wildman–Crippen MR) is 144 cm³/mol. The number of piperidine rings is 1. The minimum atomic E-state index is -0.253. The number of fused-ring (bicyclic) bond motifs is 1. The van der Waals surface area contributed by atoms with E-state index in [1.54, 1.807) is 12.1 Å². The quantitative estimate of drug-likeness (QED) is 0.497. The van der Waals surface area contributed by atoms with E-state index in [0.717, 1.165) is 75.7 Å². The Morgan fingerprint density at radius 2 is 1.76 bits per heavy atom. The second-order valence-corrected chi connectivity index (χ2v) is 11.6. The largest absolute Gasteiger partial charge is 0.339 e. The van der Waals surface area contributed by atoms with Crippen LogP contribution < -0.4 is 5.32 Å². The van der Waals surface area contributed by atoms with Crippen LogP contribution in [0.1, 0.15) is 63.9 Å². The molecule has 3 fully saturated rings. The molecule has 37 heavy (non-hydrogen) atoms. The second kappa shape index (κ2) is 9.45. The molecule has 2 aliphatic heterocycles. The van der Waals surface area contributed by atoms with E-state index in [1.807, 2.05) is 34.1 Å². The Bertz CT molecular complexity index is 1380. The number of para-hydroxylation sites is 2. The van der Waals surface area contributed by atoms with Crippen LogP contribution >= 0.6 is 11.3 Å². The number of rotatable bonds is 5. The first-order chi connectivity index (χ1) is 18.0. The maximum atomic E-state index is 13.3. The van der Waals surface area contributed by atoms with Crippen LogP contribution in [0.4, 0.5) is 5.95 Å². The fourth-order valence-corrected chi connectivity index (χ4v) is 7.07. The highest BCUT2D eigenvalue weighted by atomic mass is 32.1. The molecule has 0 unspecified atom stereocenters. The van der Waals surface area contributed by atoms with E-state index in [2.05, 4.69) is 16.5 Å². The molecule has 2 aromatic heterocycles. The normalized spacial score (nSPS) is 23.3. The van der Waals surface area contributed by atoms with Crippen molar-refractivity contribution in [3.63, 3.8) is 0 Å². The topological polar surface area (TPSA) is 87.5 Å². The molecule has 3 aromatic rings. The maximum Gasteiger partial charge on any atom is 0.268 e. The molecule has 3 amide bonds. The van der Waals surface area contributed by atoms with E-state index in [0.29, 0.717) is 15.7 Å². The molecular formula is C28H31N5O3S. The number of amides is 3. The van der Waals surface area contributed by atoms with Gasteiger partial charge in [0.25, 0.3) is 11.8 Å². The lowest BCUT2D eigenvalue weighted by Crippen LogP contribution is -2.42. The first-order valence-electron chi connectivity index (χ1n) is 13.1. The first-order valence-corrected chi connectivity index (χ1v) is 13.9. The smallest absolute Gasteiger partial charge is 0.268 e. The summed E-state index contributed by atoms with van der Waals surface area (Å²) in [5, 5.41) is 3.03. The van der Waals surface area contributed by atoms with Crippen LogP contribution in [-0.4, -0.2) is 63.3 Å². The summed E-state index contributed by atoms with van der Waals surface area (Å²) in [7, 11) is 0. The number of carbonyl (C=O) groups excluding carboxylic acids is 3. The Kier molecular flexibility index (Phi) is 6.10. The van der Waals surface area contributed by atoms with Gasteiger partial charge in [-0.15, -0.1) is 11.3 Å². The van der Waals surface area contributed by atoms with Crippen molar-refractivity contribution in [2.75, 3.05) is 31.5 Å². The summed E-state index contributed by atoms with van der Waals surface area (Å²) >= 11 is 1.24. The number of aromatic nitrogens is 2. The van der Waals surface area contributed by atoms with Gasteiger partial charge in [-0.1, -0.05) is 18.7 Å². The third-order valence-electron chi connectivity index (χ3n) is 8.13. The van der Waals surface area contributed by atoms with Crippen LogP contribution in [0.3, 0.4) is 0 Å². The number of nitrogens with one attached hydrogen (secondary N) is 1. The standard InChI is InChI=1S/C28H31N5O3S/c1-2-24(34)32-15-12-28(18-32)16-19(17-28)33-21-9-5-4-8-20(21)29-27(33)30-25(35)22-10-11-23(37-22)26(36)31-13-6-3-7-14-31/h2,4-5,8-11,19H,1,3,6-7,12-18H2,(H,29,30,35). The van der Waals surface area contributed by atoms with Gasteiger partial charge in [0, 0.05) is 32.2 Å². The molecule has 8 nitrogen and oxygen atoms in total. The van der Waals surface area contributed by atoms with Gasteiger partial charge >= 0.3 is 0 Å². The summed E-state index contributed by atoms with van der Waals surface area (Å²) in [5.41, 5.74) is 1.94. The maximum absolute atomic E-state index is 13.3. The summed E-state index contributed by atoms with van der Waals surface area (Å²) in [4.78, 5) is 47.8. The van der Waals surface area contributed by atoms with Gasteiger partial charge in [-0.25, -0.2) is 4.98 Å². The lowest BCUT2D eigenvalue weighted by atomic mass is 9.65. The van der Waals surface area contributed by atoms with Crippen molar-refractivity contribution in [2.45, 2.75) is 44.6 Å². The summed E-state index contributed by atoms with van der Waals surface area (Å²) in [5.74, 6) is 0.282. The number of imidazole rings is 1. The van der Waals surface area contributed by atoms with Crippen LogP contribution in [0.25, 0.3) is 11.0 Å². The van der Waals surface area contributed by atoms with E-state index in [1.165, 1.54) is 17.4 Å². The summed E-state index contributed by atoms with van der Waals surface area (Å²) < 4.78 is 2.14. The Hall–Kier alpha value is -3.46. The Labute approximate surface area is 220 Å². The van der Waals surface area contributed by atoms with Crippen LogP contribution in [0.5, 0.6) is 0 Å². The molecule has 6 rings (SSSR count). The molecule has 1 saturated carbocycles. The zero-order chi connectivity index (χ0) is 25.6. The zero-order valence-corrected chi connectivity index (χ0v) is 21.6. The molecular weight excluding hydrogens is 486 g/mol. The van der Waals surface area contributed by atoms with E-state index in [4.69, 9.17) is 4.98 Å². The number of benzene rings is 1. The van der Waals surface area contributed by atoms with Gasteiger partial charge in [0.2, 0.25) is 11.9 Å². The Morgan fingerprint density at radius 1 is 1.00 bits per heavy atom. The number of hydrogen-bond acceptors (Lipinski definition) is 5. The number of thiophene rings is 1. The average Bonchev–Trinajstić information content (AvgIpc) is 3.64. The summed E-state index contributed by atoms with van der Waals surface area (Å²) in [6.45, 7) is 6.71. The molecule has 1 spiro atoms. The third-order valence-corrected chi connectivity index (χ3v) is 9.20. The van der Waals surface area contributed by atoms with Gasteiger partial charge in [0.15, 0.2) is 0 Å². The lowest BCUT2D eigenvalue weighted by molar-refractivity contribution is -0.125. The number of nitrogens with zero attached hydrogens (tertiary/aromatic N) is 4. The zero-order valence-electron chi connectivity index (χ0n) is 20.8. The minimum absolute atomic E-state index is 0.00422. The fourth-order valence-electron chi connectivity index (χ4n) is 6.20. The molecule has 0 radical (unpaired) electrons. The molecule has 0 atom stereocenters. The Balaban J connectivity index is 1.20. The molecule has 1 N–H and O–H groups in total. The molecule has 4 heterocycles. The molecule has 9 heteroatoms. The van der Waals surface area contributed by atoms with Gasteiger partial charge < -0.3 is 14.4 Å². The highest BCUT2D eigenvalue weighted by molar-refractivity contribution is 7.16. The highest BCUT2D eigenvalue weighted by Gasteiger charge is 2.50. The molecule has 1 aromatic carbocycles. The van der Waals surface area contributed by atoms with E-state index in [9.17, 15) is 14.4 Å². The van der Waals surface area contributed by atoms with Gasteiger partial charge in [0.05, 0.1) is 20.8 Å². The number of hydrogen-bond donors (Lipinski definition) is 1. The highest BCUT2D eigenvalue weighted by Crippen LogP contribution is 2.55. The predicted octanol–water partition coefficient (Wildman–Crippen LogP) is 4.72. The molecule has 2 saturated heterocycles. The Morgan fingerprint density at radius 3 is 2.54 bits per heavy atom. The molecule has 1 aliphatic carbocycles. The van der Waals surface area contributed by atoms with Crippen molar-refractivity contribution >= 4 is 46.0 Å². The minimum Gasteiger partial charge on any atom is -0.339 e. The van der Waals surface area contributed by atoms with Crippen LogP contribution in [0.2, 0.25) is 0 Å². The van der Waals surface area contributed by atoms with E-state index in [-0.39, 0.29) is 29.2 Å². The summed E-state index contributed by atoms with van der Waals surface area (Å²) in [6.07, 6.45) is 7.48. The van der Waals surface area contributed by atoms with Crippen molar-refractivity contribution in [2.24, 2.45) is 5.41 Å². The van der Waals surface area contributed by atoms with Crippen LogP contribution in [0.15, 0.2) is 49.1 Å². The monoisotopic (exact) mass is 517 g/mol. The third kappa shape index (κ3) is 4.35. The average molecular weight is 518 g/mol. The number of anilines is 1. The molecule has 192 valence electrons. The first kappa shape index (κ1) is 23.9. The lowest BCUT2D eigenvalue weighted by Gasteiger charge is -2.46. The van der Waals surface area contributed by atoms with Crippen LogP contribution in [-0.2, 0) is 4.79 Å². The SMILES string of the molecule is C=CC(=O)N1CCC2(CC(n3c(NC(=O)c4ccc(C(=O)N5CCCCC5)s4)nc4ccccc43)C2)C1. The second-order valence-electron chi connectivity index (χ2n) is 10.5. The number of likely N-dealkylation sites (tertiary alicyclic amines) is 2. The van der Waals surface area contributed by atoms with Crippen molar-refractivity contribution in [1.82, 2.24) is 19.4 Å². The van der Waals surface area contributed by atoms with Crippen LogP contribution in [0, 0.1) is 5.41 Å². The molecule has 0 bridgehead atoms. The van der Waals surface area contributed by atoms with Crippen molar-refractivity contribution in [3.8, 4) is 0 Å². The van der Waals surface area contributed by atoms with Gasteiger partial charge in [0.1, 0.15) is 0 Å². The van der Waals surface area contributed by atoms with Gasteiger partial charge in [-0.05, 0) is 74.3 Å². The van der Waals surface area contributed by atoms with Gasteiger partial charge in [-0.3, -0.25) is 19.7 Å². The fraction of sp³-hybridized carbons (Fsp3) is 0.429. The van der Waals surface area contributed by atoms with Gasteiger partial charge in [-0.2, -0.15) is 0 Å². The van der Waals surface area contributed by atoms with E-state index >= 15 is 0 Å². The summed E-state index contributed by atoms with van der Waals surface area (Å²) in [6, 6.07) is 11.6. The van der Waals surface area contributed by atoms with Crippen molar-refractivity contribution < 1.29 is 14.4 Å². The number of carbonyl (C=O) groups is 3. The molecule has 3 aliphatic rings. The van der Waals surface area contributed by atoms with E-state index < -0.39 is 0 Å².